The number of piperazine rings is 1. The highest BCUT2D eigenvalue weighted by molar-refractivity contribution is 6.01. The summed E-state index contributed by atoms with van der Waals surface area (Å²) in [5.74, 6) is 1.59. The van der Waals surface area contributed by atoms with Gasteiger partial charge in [-0.3, -0.25) is 0 Å². The summed E-state index contributed by atoms with van der Waals surface area (Å²) in [6.45, 7) is 4.26. The van der Waals surface area contributed by atoms with Gasteiger partial charge < -0.3 is 15.0 Å². The molecule has 0 saturated carbocycles. The number of nitrogens with one attached hydrogen (secondary N) is 1. The van der Waals surface area contributed by atoms with Gasteiger partial charge in [-0.15, -0.1) is 0 Å². The number of nitrogens with zero attached hydrogens (tertiary/aromatic N) is 2. The van der Waals surface area contributed by atoms with Crippen LogP contribution in [0.4, 0.5) is 4.39 Å². The van der Waals surface area contributed by atoms with Crippen LogP contribution >= 0.6 is 0 Å². The predicted octanol–water partition coefficient (Wildman–Crippen LogP) is 3.13. The second-order valence-corrected chi connectivity index (χ2v) is 6.51. The molecule has 0 spiro atoms. The topological polar surface area (TPSA) is 36.9 Å². The number of allylic oxidation sites excluding steroid dienone is 1. The Morgan fingerprint density at radius 1 is 1.08 bits per heavy atom. The van der Waals surface area contributed by atoms with Crippen molar-refractivity contribution < 1.29 is 9.13 Å². The molecule has 4 nitrogen and oxygen atoms in total. The van der Waals surface area contributed by atoms with Gasteiger partial charge >= 0.3 is 0 Å². The summed E-state index contributed by atoms with van der Waals surface area (Å²) in [5.41, 5.74) is 3.33. The molecular weight excluding hydrogens is 329 g/mol. The zero-order chi connectivity index (χ0) is 17.8. The fraction of sp³-hybridized carbons (Fsp3) is 0.286. The first-order chi connectivity index (χ1) is 12.8. The second-order valence-electron chi connectivity index (χ2n) is 6.51. The molecule has 2 aliphatic rings. The van der Waals surface area contributed by atoms with Crippen molar-refractivity contribution in [3.8, 4) is 5.75 Å². The van der Waals surface area contributed by atoms with Crippen LogP contribution in [0.15, 0.2) is 59.7 Å². The molecule has 0 aromatic heterocycles. The van der Waals surface area contributed by atoms with E-state index in [4.69, 9.17) is 9.73 Å². The lowest BCUT2D eigenvalue weighted by atomic mass is 10.0. The summed E-state index contributed by atoms with van der Waals surface area (Å²) in [7, 11) is 0. The molecule has 0 aliphatic carbocycles. The molecule has 5 heteroatoms. The largest absolute Gasteiger partial charge is 0.489 e. The first-order valence-corrected chi connectivity index (χ1v) is 8.98. The quantitative estimate of drug-likeness (QED) is 0.923. The molecule has 134 valence electrons. The molecule has 1 N–H and O–H groups in total. The van der Waals surface area contributed by atoms with Crippen LogP contribution in [0.2, 0.25) is 0 Å². The van der Waals surface area contributed by atoms with Crippen molar-refractivity contribution in [3.63, 3.8) is 0 Å². The summed E-state index contributed by atoms with van der Waals surface area (Å²) in [6.07, 6.45) is 4.86. The highest BCUT2D eigenvalue weighted by Gasteiger charge is 2.20. The van der Waals surface area contributed by atoms with Crippen molar-refractivity contribution in [2.75, 3.05) is 26.2 Å². The van der Waals surface area contributed by atoms with E-state index in [2.05, 4.69) is 28.4 Å². The average molecular weight is 351 g/mol. The Labute approximate surface area is 153 Å². The van der Waals surface area contributed by atoms with Crippen molar-refractivity contribution in [1.82, 2.24) is 10.2 Å². The Hall–Kier alpha value is -2.66. The first kappa shape index (κ1) is 16.8. The Kier molecular flexibility index (Phi) is 4.97. The summed E-state index contributed by atoms with van der Waals surface area (Å²) < 4.78 is 19.0. The van der Waals surface area contributed by atoms with Gasteiger partial charge in [-0.05, 0) is 41.8 Å². The first-order valence-electron chi connectivity index (χ1n) is 8.98. The third-order valence-corrected chi connectivity index (χ3v) is 4.70. The van der Waals surface area contributed by atoms with Crippen LogP contribution in [0.5, 0.6) is 5.75 Å². The molecule has 4 rings (SSSR count). The molecule has 2 heterocycles. The van der Waals surface area contributed by atoms with E-state index in [0.29, 0.717) is 6.61 Å². The maximum Gasteiger partial charge on any atom is 0.136 e. The van der Waals surface area contributed by atoms with Gasteiger partial charge in [0.2, 0.25) is 0 Å². The van der Waals surface area contributed by atoms with Gasteiger partial charge in [0, 0.05) is 37.9 Å². The van der Waals surface area contributed by atoms with Crippen LogP contribution in [0.3, 0.4) is 0 Å². The van der Waals surface area contributed by atoms with Gasteiger partial charge in [0.15, 0.2) is 0 Å². The highest BCUT2D eigenvalue weighted by atomic mass is 19.1. The number of halogens is 1. The summed E-state index contributed by atoms with van der Waals surface area (Å²) in [6, 6.07) is 12.6. The van der Waals surface area contributed by atoms with Gasteiger partial charge in [0.25, 0.3) is 0 Å². The van der Waals surface area contributed by atoms with E-state index < -0.39 is 0 Å². The third kappa shape index (κ3) is 3.78. The molecule has 1 fully saturated rings. The SMILES string of the molecule is Fc1ccc(COc2ccc3c(c2)C(N2CCNCC2)=NC=CC3)cc1. The fourth-order valence-electron chi connectivity index (χ4n) is 3.28. The molecule has 2 aromatic rings. The standard InChI is InChI=1S/C21H22FN3O/c22-18-6-3-16(4-7-18)15-26-19-8-5-17-2-1-9-24-21(20(17)14-19)25-12-10-23-11-13-25/h1,3-9,14,23H,2,10-13,15H2. The molecular formula is C21H22FN3O. The normalized spacial score (nSPS) is 16.7. The zero-order valence-electron chi connectivity index (χ0n) is 14.6. The number of ether oxygens (including phenoxy) is 1. The van der Waals surface area contributed by atoms with E-state index in [1.807, 2.05) is 12.3 Å². The van der Waals surface area contributed by atoms with Crippen LogP contribution in [0, 0.1) is 5.82 Å². The summed E-state index contributed by atoms with van der Waals surface area (Å²) in [5, 5.41) is 3.38. The van der Waals surface area contributed by atoms with Gasteiger partial charge in [0.1, 0.15) is 24.0 Å². The van der Waals surface area contributed by atoms with Crippen molar-refractivity contribution in [2.24, 2.45) is 4.99 Å². The number of fused-ring (bicyclic) bond motifs is 1. The minimum absolute atomic E-state index is 0.233. The molecule has 1 saturated heterocycles. The number of hydrogen-bond donors (Lipinski definition) is 1. The van der Waals surface area contributed by atoms with Gasteiger partial charge in [-0.25, -0.2) is 9.38 Å². The summed E-state index contributed by atoms with van der Waals surface area (Å²) in [4.78, 5) is 7.02. The molecule has 0 atom stereocenters. The van der Waals surface area contributed by atoms with E-state index in [-0.39, 0.29) is 5.82 Å². The van der Waals surface area contributed by atoms with Crippen molar-refractivity contribution >= 4 is 5.84 Å². The van der Waals surface area contributed by atoms with Crippen molar-refractivity contribution in [3.05, 3.63) is 77.2 Å². The maximum absolute atomic E-state index is 13.0. The number of amidine groups is 1. The Morgan fingerprint density at radius 2 is 1.88 bits per heavy atom. The number of benzene rings is 2. The van der Waals surface area contributed by atoms with Gasteiger partial charge in [-0.2, -0.15) is 0 Å². The molecule has 26 heavy (non-hydrogen) atoms. The highest BCUT2D eigenvalue weighted by Crippen LogP contribution is 2.24. The fourth-order valence-corrected chi connectivity index (χ4v) is 3.28. The van der Waals surface area contributed by atoms with Gasteiger partial charge in [0.05, 0.1) is 0 Å². The summed E-state index contributed by atoms with van der Waals surface area (Å²) >= 11 is 0. The van der Waals surface area contributed by atoms with E-state index in [0.717, 1.165) is 55.3 Å². The average Bonchev–Trinajstić information content (AvgIpc) is 2.90. The zero-order valence-corrected chi connectivity index (χ0v) is 14.6. The predicted molar refractivity (Wildman–Crippen MR) is 101 cm³/mol. The lowest BCUT2D eigenvalue weighted by Gasteiger charge is -2.31. The molecule has 2 aromatic carbocycles. The lowest BCUT2D eigenvalue weighted by molar-refractivity contribution is 0.305. The van der Waals surface area contributed by atoms with Crippen molar-refractivity contribution in [2.45, 2.75) is 13.0 Å². The molecule has 0 unspecified atom stereocenters. The van der Waals surface area contributed by atoms with E-state index in [9.17, 15) is 4.39 Å². The van der Waals surface area contributed by atoms with Crippen LogP contribution in [0.25, 0.3) is 0 Å². The molecule has 0 bridgehead atoms. The van der Waals surface area contributed by atoms with E-state index >= 15 is 0 Å². The number of rotatable bonds is 3. The monoisotopic (exact) mass is 351 g/mol. The van der Waals surface area contributed by atoms with Crippen LogP contribution < -0.4 is 10.1 Å². The second kappa shape index (κ2) is 7.70. The van der Waals surface area contributed by atoms with Crippen LogP contribution in [0.1, 0.15) is 16.7 Å². The minimum atomic E-state index is -0.233. The number of aliphatic imine (C=N–C) groups is 1. The van der Waals surface area contributed by atoms with E-state index in [1.54, 1.807) is 12.1 Å². The van der Waals surface area contributed by atoms with Crippen molar-refractivity contribution in [1.29, 1.82) is 0 Å². The molecule has 2 aliphatic heterocycles. The number of hydrogen-bond acceptors (Lipinski definition) is 4. The smallest absolute Gasteiger partial charge is 0.136 e. The van der Waals surface area contributed by atoms with E-state index in [1.165, 1.54) is 17.7 Å². The molecule has 0 amide bonds. The van der Waals surface area contributed by atoms with Crippen LogP contribution in [-0.2, 0) is 13.0 Å². The Bertz CT molecular complexity index is 824. The lowest BCUT2D eigenvalue weighted by Crippen LogP contribution is -2.46. The van der Waals surface area contributed by atoms with Gasteiger partial charge in [-0.1, -0.05) is 24.3 Å². The Morgan fingerprint density at radius 3 is 2.69 bits per heavy atom. The minimum Gasteiger partial charge on any atom is -0.489 e. The molecule has 0 radical (unpaired) electrons. The maximum atomic E-state index is 13.0. The van der Waals surface area contributed by atoms with Crippen LogP contribution in [-0.4, -0.2) is 36.9 Å². The Balaban J connectivity index is 1.55. The third-order valence-electron chi connectivity index (χ3n) is 4.70.